The highest BCUT2D eigenvalue weighted by molar-refractivity contribution is 5.66. The van der Waals surface area contributed by atoms with Gasteiger partial charge in [-0.2, -0.15) is 5.10 Å². The van der Waals surface area contributed by atoms with Crippen LogP contribution in [0.3, 0.4) is 0 Å². The molecule has 1 saturated heterocycles. The molecule has 1 aliphatic heterocycles. The monoisotopic (exact) mass is 250 g/mol. The lowest BCUT2D eigenvalue weighted by Gasteiger charge is -2.24. The Hall–Kier alpha value is -1.19. The first-order valence-electron chi connectivity index (χ1n) is 7.21. The molecule has 2 N–H and O–H groups in total. The van der Waals surface area contributed by atoms with E-state index in [0.29, 0.717) is 0 Å². The summed E-state index contributed by atoms with van der Waals surface area (Å²) in [7, 11) is 0. The van der Waals surface area contributed by atoms with Gasteiger partial charge < -0.3 is 10.6 Å². The molecular weight excluding hydrogens is 224 g/mol. The fraction of sp³-hybridized carbons (Fsp3) is 0.786. The second-order valence-electron chi connectivity index (χ2n) is 5.57. The lowest BCUT2D eigenvalue weighted by atomic mass is 10.0. The summed E-state index contributed by atoms with van der Waals surface area (Å²) in [6.45, 7) is 9.72. The highest BCUT2D eigenvalue weighted by Gasteiger charge is 2.21. The summed E-state index contributed by atoms with van der Waals surface area (Å²) in [5.41, 5.74) is 8.07. The van der Waals surface area contributed by atoms with E-state index in [0.717, 1.165) is 49.2 Å². The quantitative estimate of drug-likeness (QED) is 0.897. The number of nitrogen functional groups attached to an aromatic ring is 1. The van der Waals surface area contributed by atoms with Gasteiger partial charge in [0.05, 0.1) is 11.4 Å². The Labute approximate surface area is 110 Å². The summed E-state index contributed by atoms with van der Waals surface area (Å²) in [5, 5.41) is 4.57. The van der Waals surface area contributed by atoms with Crippen LogP contribution < -0.4 is 10.6 Å². The van der Waals surface area contributed by atoms with Crippen molar-refractivity contribution in [2.75, 3.05) is 23.7 Å². The third kappa shape index (κ3) is 2.62. The molecule has 0 saturated carbocycles. The number of rotatable bonds is 3. The molecular formula is C14H26N4. The van der Waals surface area contributed by atoms with Gasteiger partial charge in [-0.25, -0.2) is 4.68 Å². The zero-order chi connectivity index (χ0) is 13.1. The van der Waals surface area contributed by atoms with Crippen LogP contribution in [0.15, 0.2) is 0 Å². The maximum Gasteiger partial charge on any atom is 0.150 e. The molecule has 0 amide bonds. The number of nitrogens with zero attached hydrogens (tertiary/aromatic N) is 3. The zero-order valence-electron chi connectivity index (χ0n) is 11.9. The van der Waals surface area contributed by atoms with Crippen molar-refractivity contribution >= 4 is 11.5 Å². The van der Waals surface area contributed by atoms with Crippen molar-refractivity contribution in [3.05, 3.63) is 5.69 Å². The summed E-state index contributed by atoms with van der Waals surface area (Å²) in [6.07, 6.45) is 4.95. The molecule has 102 valence electrons. The van der Waals surface area contributed by atoms with E-state index in [4.69, 9.17) is 5.73 Å². The fourth-order valence-electron chi connectivity index (χ4n) is 2.76. The van der Waals surface area contributed by atoms with Crippen LogP contribution >= 0.6 is 0 Å². The van der Waals surface area contributed by atoms with Gasteiger partial charge in [-0.15, -0.1) is 0 Å². The first-order valence-corrected chi connectivity index (χ1v) is 7.21. The van der Waals surface area contributed by atoms with Gasteiger partial charge in [0.1, 0.15) is 0 Å². The Balaban J connectivity index is 2.25. The first-order chi connectivity index (χ1) is 8.63. The largest absolute Gasteiger partial charge is 0.394 e. The van der Waals surface area contributed by atoms with E-state index in [9.17, 15) is 0 Å². The Morgan fingerprint density at radius 1 is 1.33 bits per heavy atom. The van der Waals surface area contributed by atoms with Crippen molar-refractivity contribution in [2.45, 2.75) is 53.0 Å². The van der Waals surface area contributed by atoms with E-state index in [1.165, 1.54) is 19.3 Å². The molecule has 0 bridgehead atoms. The van der Waals surface area contributed by atoms with E-state index in [1.54, 1.807) is 0 Å². The van der Waals surface area contributed by atoms with Gasteiger partial charge in [0.2, 0.25) is 0 Å². The molecule has 0 spiro atoms. The summed E-state index contributed by atoms with van der Waals surface area (Å²) in [6, 6.07) is 0. The smallest absolute Gasteiger partial charge is 0.150 e. The highest BCUT2D eigenvalue weighted by atomic mass is 15.4. The number of hydrogen-bond donors (Lipinski definition) is 1. The molecule has 1 unspecified atom stereocenters. The van der Waals surface area contributed by atoms with Gasteiger partial charge in [-0.05, 0) is 38.5 Å². The summed E-state index contributed by atoms with van der Waals surface area (Å²) >= 11 is 0. The van der Waals surface area contributed by atoms with Gasteiger partial charge >= 0.3 is 0 Å². The molecule has 1 aromatic heterocycles. The SMILES string of the molecule is CCCn1nc(C)c(N)c1N1CCCC(C)CC1. The summed E-state index contributed by atoms with van der Waals surface area (Å²) < 4.78 is 2.10. The number of hydrogen-bond acceptors (Lipinski definition) is 3. The van der Waals surface area contributed by atoms with E-state index in [-0.39, 0.29) is 0 Å². The Morgan fingerprint density at radius 2 is 2.11 bits per heavy atom. The van der Waals surface area contributed by atoms with Crippen molar-refractivity contribution in [1.82, 2.24) is 9.78 Å². The molecule has 2 heterocycles. The van der Waals surface area contributed by atoms with Gasteiger partial charge in [0.25, 0.3) is 0 Å². The van der Waals surface area contributed by atoms with Crippen molar-refractivity contribution < 1.29 is 0 Å². The van der Waals surface area contributed by atoms with Gasteiger partial charge in [0.15, 0.2) is 5.82 Å². The topological polar surface area (TPSA) is 47.1 Å². The fourth-order valence-corrected chi connectivity index (χ4v) is 2.76. The molecule has 1 aliphatic rings. The first kappa shape index (κ1) is 13.2. The van der Waals surface area contributed by atoms with Crippen LogP contribution in [0, 0.1) is 12.8 Å². The predicted molar refractivity (Wildman–Crippen MR) is 76.9 cm³/mol. The van der Waals surface area contributed by atoms with Crippen molar-refractivity contribution in [1.29, 1.82) is 0 Å². The average Bonchev–Trinajstić information content (AvgIpc) is 2.52. The summed E-state index contributed by atoms with van der Waals surface area (Å²) in [5.74, 6) is 1.99. The molecule has 0 aromatic carbocycles. The molecule has 1 fully saturated rings. The molecule has 2 rings (SSSR count). The summed E-state index contributed by atoms with van der Waals surface area (Å²) in [4.78, 5) is 2.44. The molecule has 1 aromatic rings. The third-order valence-electron chi connectivity index (χ3n) is 3.90. The maximum atomic E-state index is 6.23. The van der Waals surface area contributed by atoms with Crippen LogP contribution in [0.25, 0.3) is 0 Å². The van der Waals surface area contributed by atoms with Crippen LogP contribution in [-0.4, -0.2) is 22.9 Å². The number of nitrogens with two attached hydrogens (primary N) is 1. The van der Waals surface area contributed by atoms with Crippen LogP contribution in [0.4, 0.5) is 11.5 Å². The van der Waals surface area contributed by atoms with Crippen molar-refractivity contribution in [3.63, 3.8) is 0 Å². The van der Waals surface area contributed by atoms with Crippen molar-refractivity contribution in [3.8, 4) is 0 Å². The highest BCUT2D eigenvalue weighted by Crippen LogP contribution is 2.29. The van der Waals surface area contributed by atoms with E-state index in [2.05, 4.69) is 28.5 Å². The number of anilines is 2. The lowest BCUT2D eigenvalue weighted by molar-refractivity contribution is 0.520. The zero-order valence-corrected chi connectivity index (χ0v) is 11.9. The van der Waals surface area contributed by atoms with Gasteiger partial charge in [0, 0.05) is 19.6 Å². The maximum absolute atomic E-state index is 6.23. The van der Waals surface area contributed by atoms with Crippen LogP contribution in [-0.2, 0) is 6.54 Å². The minimum absolute atomic E-state index is 0.833. The van der Waals surface area contributed by atoms with Crippen LogP contribution in [0.5, 0.6) is 0 Å². The molecule has 18 heavy (non-hydrogen) atoms. The van der Waals surface area contributed by atoms with E-state index in [1.807, 2.05) is 6.92 Å². The molecule has 0 aliphatic carbocycles. The Kier molecular flexibility index (Phi) is 4.15. The Bertz CT molecular complexity index is 397. The second-order valence-corrected chi connectivity index (χ2v) is 5.57. The molecule has 0 radical (unpaired) electrons. The number of aryl methyl sites for hydroxylation is 2. The standard InChI is InChI=1S/C14H26N4/c1-4-8-18-14(13(15)12(3)16-18)17-9-5-6-11(2)7-10-17/h11H,4-10,15H2,1-3H3. The van der Waals surface area contributed by atoms with E-state index >= 15 is 0 Å². The molecule has 1 atom stereocenters. The molecule has 4 heteroatoms. The molecule has 4 nitrogen and oxygen atoms in total. The predicted octanol–water partition coefficient (Wildman–Crippen LogP) is 2.81. The van der Waals surface area contributed by atoms with Crippen LogP contribution in [0.2, 0.25) is 0 Å². The van der Waals surface area contributed by atoms with Crippen molar-refractivity contribution in [2.24, 2.45) is 5.92 Å². The normalized spacial score (nSPS) is 21.1. The lowest BCUT2D eigenvalue weighted by Crippen LogP contribution is -2.27. The van der Waals surface area contributed by atoms with Gasteiger partial charge in [-0.1, -0.05) is 13.8 Å². The third-order valence-corrected chi connectivity index (χ3v) is 3.90. The van der Waals surface area contributed by atoms with Gasteiger partial charge in [-0.3, -0.25) is 0 Å². The van der Waals surface area contributed by atoms with Crippen LogP contribution in [0.1, 0.15) is 45.2 Å². The Morgan fingerprint density at radius 3 is 2.83 bits per heavy atom. The average molecular weight is 250 g/mol. The number of aromatic nitrogens is 2. The minimum atomic E-state index is 0.833. The minimum Gasteiger partial charge on any atom is -0.394 e. The second kappa shape index (κ2) is 5.63. The van der Waals surface area contributed by atoms with E-state index < -0.39 is 0 Å².